The first-order chi connectivity index (χ1) is 8.02. The van der Waals surface area contributed by atoms with Gasteiger partial charge in [-0.25, -0.2) is 0 Å². The van der Waals surface area contributed by atoms with Gasteiger partial charge < -0.3 is 0 Å². The van der Waals surface area contributed by atoms with Gasteiger partial charge >= 0.3 is 6.18 Å². The van der Waals surface area contributed by atoms with E-state index in [2.05, 4.69) is 6.07 Å². The highest BCUT2D eigenvalue weighted by atomic mass is 19.4. The second-order valence-corrected chi connectivity index (χ2v) is 4.39. The highest BCUT2D eigenvalue weighted by Gasteiger charge is 2.32. The van der Waals surface area contributed by atoms with Crippen molar-refractivity contribution in [1.82, 2.24) is 0 Å². The third kappa shape index (κ3) is 2.44. The maximum absolute atomic E-state index is 12.4. The van der Waals surface area contributed by atoms with Crippen LogP contribution in [0.1, 0.15) is 36.3 Å². The van der Waals surface area contributed by atoms with Crippen LogP contribution >= 0.6 is 0 Å². The molecule has 1 aliphatic carbocycles. The molecule has 0 saturated heterocycles. The summed E-state index contributed by atoms with van der Waals surface area (Å²) in [6.07, 6.45) is -1.57. The number of hydrogen-bond donors (Lipinski definition) is 0. The minimum Gasteiger partial charge on any atom is -0.198 e. The van der Waals surface area contributed by atoms with Gasteiger partial charge in [0.25, 0.3) is 0 Å². The number of hydrogen-bond acceptors (Lipinski definition) is 1. The van der Waals surface area contributed by atoms with Crippen molar-refractivity contribution in [3.63, 3.8) is 0 Å². The summed E-state index contributed by atoms with van der Waals surface area (Å²) in [6.45, 7) is 0. The maximum Gasteiger partial charge on any atom is 0.416 e. The lowest BCUT2D eigenvalue weighted by molar-refractivity contribution is -0.137. The van der Waals surface area contributed by atoms with Gasteiger partial charge in [0.1, 0.15) is 0 Å². The Morgan fingerprint density at radius 1 is 1.12 bits per heavy atom. The number of halogens is 3. The minimum atomic E-state index is -4.29. The quantitative estimate of drug-likeness (QED) is 0.723. The van der Waals surface area contributed by atoms with Crippen molar-refractivity contribution in [3.8, 4) is 6.07 Å². The van der Waals surface area contributed by atoms with E-state index in [1.54, 1.807) is 0 Å². The summed E-state index contributed by atoms with van der Waals surface area (Å²) in [7, 11) is 0. The smallest absolute Gasteiger partial charge is 0.198 e. The van der Waals surface area contributed by atoms with Crippen molar-refractivity contribution in [2.75, 3.05) is 0 Å². The van der Waals surface area contributed by atoms with Crippen LogP contribution in [-0.2, 0) is 6.18 Å². The van der Waals surface area contributed by atoms with Gasteiger partial charge in [0, 0.05) is 0 Å². The van der Waals surface area contributed by atoms with E-state index in [4.69, 9.17) is 5.26 Å². The van der Waals surface area contributed by atoms with E-state index in [-0.39, 0.29) is 11.8 Å². The lowest BCUT2D eigenvalue weighted by Gasteiger charge is -2.14. The molecule has 1 aromatic carbocycles. The van der Waals surface area contributed by atoms with Gasteiger partial charge in [-0.2, -0.15) is 18.4 Å². The lowest BCUT2D eigenvalue weighted by Crippen LogP contribution is -2.07. The molecule has 1 saturated carbocycles. The largest absolute Gasteiger partial charge is 0.416 e. The SMILES string of the molecule is N#C[C@H]1CCC[C@H]1c1ccc(C(F)(F)F)cc1. The Bertz CT molecular complexity index is 427. The predicted octanol–water partition coefficient (Wildman–Crippen LogP) is 4.11. The number of benzene rings is 1. The molecule has 0 heterocycles. The molecule has 1 fully saturated rings. The summed E-state index contributed by atoms with van der Waals surface area (Å²) in [4.78, 5) is 0. The fourth-order valence-corrected chi connectivity index (χ4v) is 2.43. The van der Waals surface area contributed by atoms with Crippen molar-refractivity contribution < 1.29 is 13.2 Å². The van der Waals surface area contributed by atoms with Gasteiger partial charge in [-0.05, 0) is 36.5 Å². The van der Waals surface area contributed by atoms with Crippen molar-refractivity contribution in [1.29, 1.82) is 5.26 Å². The van der Waals surface area contributed by atoms with Gasteiger partial charge in [-0.1, -0.05) is 18.6 Å². The molecule has 0 aromatic heterocycles. The van der Waals surface area contributed by atoms with E-state index in [1.165, 1.54) is 12.1 Å². The van der Waals surface area contributed by atoms with E-state index < -0.39 is 11.7 Å². The van der Waals surface area contributed by atoms with Gasteiger partial charge in [0.15, 0.2) is 0 Å². The Labute approximate surface area is 97.9 Å². The Hall–Kier alpha value is -1.50. The van der Waals surface area contributed by atoms with Crippen LogP contribution in [0.4, 0.5) is 13.2 Å². The summed E-state index contributed by atoms with van der Waals surface area (Å²) >= 11 is 0. The van der Waals surface area contributed by atoms with Gasteiger partial charge in [0.05, 0.1) is 17.6 Å². The van der Waals surface area contributed by atoms with E-state index in [1.807, 2.05) is 0 Å². The van der Waals surface area contributed by atoms with Crippen LogP contribution in [0.15, 0.2) is 24.3 Å². The van der Waals surface area contributed by atoms with E-state index in [9.17, 15) is 13.2 Å². The highest BCUT2D eigenvalue weighted by molar-refractivity contribution is 5.29. The van der Waals surface area contributed by atoms with Gasteiger partial charge in [-0.15, -0.1) is 0 Å². The molecular formula is C13H12F3N. The van der Waals surface area contributed by atoms with Crippen LogP contribution < -0.4 is 0 Å². The average Bonchev–Trinajstić information content (AvgIpc) is 2.76. The standard InChI is InChI=1S/C13H12F3N/c14-13(15,16)11-6-4-9(5-7-11)12-3-1-2-10(12)8-17/h4-7,10,12H,1-3H2/t10-,12+/m1/s1. The molecule has 4 heteroatoms. The van der Waals surface area contributed by atoms with Crippen LogP contribution in [0, 0.1) is 17.2 Å². The lowest BCUT2D eigenvalue weighted by atomic mass is 9.89. The van der Waals surface area contributed by atoms with Gasteiger partial charge in [0.2, 0.25) is 0 Å². The summed E-state index contributed by atoms with van der Waals surface area (Å²) in [6, 6.07) is 7.44. The number of rotatable bonds is 1. The Balaban J connectivity index is 2.21. The van der Waals surface area contributed by atoms with Crippen LogP contribution in [0.25, 0.3) is 0 Å². The van der Waals surface area contributed by atoms with Crippen molar-refractivity contribution in [3.05, 3.63) is 35.4 Å². The van der Waals surface area contributed by atoms with Crippen molar-refractivity contribution in [2.45, 2.75) is 31.4 Å². The first-order valence-electron chi connectivity index (χ1n) is 5.59. The molecule has 2 atom stereocenters. The van der Waals surface area contributed by atoms with Crippen LogP contribution in [0.3, 0.4) is 0 Å². The topological polar surface area (TPSA) is 23.8 Å². The summed E-state index contributed by atoms with van der Waals surface area (Å²) in [5.41, 5.74) is 0.217. The molecule has 1 aliphatic rings. The Kier molecular flexibility index (Phi) is 3.10. The zero-order valence-corrected chi connectivity index (χ0v) is 9.17. The molecule has 90 valence electrons. The molecule has 0 amide bonds. The summed E-state index contributed by atoms with van der Waals surface area (Å²) in [5.74, 6) is 0.0500. The molecule has 0 bridgehead atoms. The Morgan fingerprint density at radius 3 is 2.29 bits per heavy atom. The number of alkyl halides is 3. The third-order valence-electron chi connectivity index (χ3n) is 3.35. The molecule has 1 nitrogen and oxygen atoms in total. The summed E-state index contributed by atoms with van der Waals surface area (Å²) < 4.78 is 37.2. The maximum atomic E-state index is 12.4. The Morgan fingerprint density at radius 2 is 1.76 bits per heavy atom. The molecule has 0 spiro atoms. The van der Waals surface area contributed by atoms with Crippen molar-refractivity contribution >= 4 is 0 Å². The van der Waals surface area contributed by atoms with E-state index in [0.717, 1.165) is 37.0 Å². The van der Waals surface area contributed by atoms with E-state index in [0.29, 0.717) is 0 Å². The molecule has 0 N–H and O–H groups in total. The van der Waals surface area contributed by atoms with Crippen LogP contribution in [0.2, 0.25) is 0 Å². The zero-order chi connectivity index (χ0) is 12.5. The van der Waals surface area contributed by atoms with E-state index >= 15 is 0 Å². The number of nitrogens with zero attached hydrogens (tertiary/aromatic N) is 1. The molecule has 0 unspecified atom stereocenters. The second kappa shape index (κ2) is 4.40. The fraction of sp³-hybridized carbons (Fsp3) is 0.462. The molecule has 2 rings (SSSR count). The first kappa shape index (κ1) is 12.0. The molecule has 0 aliphatic heterocycles. The normalized spacial score (nSPS) is 24.6. The predicted molar refractivity (Wildman–Crippen MR) is 57.1 cm³/mol. The first-order valence-corrected chi connectivity index (χ1v) is 5.59. The third-order valence-corrected chi connectivity index (χ3v) is 3.35. The number of nitriles is 1. The monoisotopic (exact) mass is 239 g/mol. The van der Waals surface area contributed by atoms with Gasteiger partial charge in [-0.3, -0.25) is 0 Å². The molecular weight excluding hydrogens is 227 g/mol. The average molecular weight is 239 g/mol. The minimum absolute atomic E-state index is 0.0493. The zero-order valence-electron chi connectivity index (χ0n) is 9.17. The molecule has 0 radical (unpaired) electrons. The summed E-state index contributed by atoms with van der Waals surface area (Å²) in [5, 5.41) is 8.95. The van der Waals surface area contributed by atoms with Crippen molar-refractivity contribution in [2.24, 2.45) is 5.92 Å². The molecule has 17 heavy (non-hydrogen) atoms. The fourth-order valence-electron chi connectivity index (χ4n) is 2.43. The van der Waals surface area contributed by atoms with Crippen LogP contribution in [0.5, 0.6) is 0 Å². The highest BCUT2D eigenvalue weighted by Crippen LogP contribution is 2.40. The van der Waals surface area contributed by atoms with Crippen LogP contribution in [-0.4, -0.2) is 0 Å². The second-order valence-electron chi connectivity index (χ2n) is 4.39. The molecule has 1 aromatic rings.